The Morgan fingerprint density at radius 3 is 2.71 bits per heavy atom. The zero-order valence-corrected chi connectivity index (χ0v) is 8.07. The molecule has 1 rings (SSSR count). The second-order valence-electron chi connectivity index (χ2n) is 2.73. The first-order valence-electron chi connectivity index (χ1n) is 4.47. The number of benzene rings is 1. The van der Waals surface area contributed by atoms with E-state index in [0.717, 1.165) is 0 Å². The van der Waals surface area contributed by atoms with Crippen LogP contribution in [0.4, 0.5) is 5.69 Å². The molecule has 1 atom stereocenters. The number of anilines is 1. The van der Waals surface area contributed by atoms with Gasteiger partial charge in [-0.3, -0.25) is 10.5 Å². The van der Waals surface area contributed by atoms with Crippen molar-refractivity contribution in [3.8, 4) is 0 Å². The third kappa shape index (κ3) is 3.16. The Morgan fingerprint density at radius 2 is 2.14 bits per heavy atom. The highest BCUT2D eigenvalue weighted by Gasteiger charge is 2.12. The monoisotopic (exact) mass is 194 g/mol. The molecule has 3 N–H and O–H groups in total. The van der Waals surface area contributed by atoms with E-state index in [9.17, 15) is 4.79 Å². The molecule has 0 heterocycles. The van der Waals surface area contributed by atoms with Crippen LogP contribution in [0.15, 0.2) is 30.3 Å². The van der Waals surface area contributed by atoms with E-state index in [4.69, 9.17) is 10.5 Å². The Bertz CT molecular complexity index is 287. The van der Waals surface area contributed by atoms with Crippen molar-refractivity contribution >= 4 is 11.6 Å². The minimum absolute atomic E-state index is 0.335. The molecular weight excluding hydrogens is 180 g/mol. The summed E-state index contributed by atoms with van der Waals surface area (Å²) in [6, 6.07) is 9.12. The van der Waals surface area contributed by atoms with Crippen LogP contribution in [0.1, 0.15) is 6.92 Å². The van der Waals surface area contributed by atoms with Crippen molar-refractivity contribution in [2.45, 2.75) is 13.2 Å². The Labute approximate surface area is 83.1 Å². The summed E-state index contributed by atoms with van der Waals surface area (Å²) in [4.78, 5) is 11.3. The van der Waals surface area contributed by atoms with E-state index in [2.05, 4.69) is 5.32 Å². The van der Waals surface area contributed by atoms with Crippen molar-refractivity contribution in [1.82, 2.24) is 0 Å². The fourth-order valence-corrected chi connectivity index (χ4v) is 0.990. The third-order valence-corrected chi connectivity index (χ3v) is 1.65. The molecule has 1 amide bonds. The predicted octanol–water partition coefficient (Wildman–Crippen LogP) is 0.946. The number of carbonyl (C=O) groups is 1. The molecule has 14 heavy (non-hydrogen) atoms. The highest BCUT2D eigenvalue weighted by Crippen LogP contribution is 2.05. The largest absolute Gasteiger partial charge is 0.354 e. The lowest BCUT2D eigenvalue weighted by Gasteiger charge is -2.11. The standard InChI is InChI=1S/C10H14N2O2/c1-2-14-9(11)10(13)12-8-6-4-3-5-7-8/h3-7,9H,2,11H2,1H3,(H,12,13). The average molecular weight is 194 g/mol. The maximum Gasteiger partial charge on any atom is 0.268 e. The van der Waals surface area contributed by atoms with Crippen LogP contribution in [-0.2, 0) is 9.53 Å². The summed E-state index contributed by atoms with van der Waals surface area (Å²) in [7, 11) is 0. The van der Waals surface area contributed by atoms with E-state index in [0.29, 0.717) is 12.3 Å². The van der Waals surface area contributed by atoms with Crippen LogP contribution in [0.3, 0.4) is 0 Å². The highest BCUT2D eigenvalue weighted by atomic mass is 16.5. The van der Waals surface area contributed by atoms with Gasteiger partial charge in [0, 0.05) is 12.3 Å². The predicted molar refractivity (Wildman–Crippen MR) is 54.7 cm³/mol. The van der Waals surface area contributed by atoms with E-state index in [1.807, 2.05) is 18.2 Å². The number of hydrogen-bond donors (Lipinski definition) is 2. The van der Waals surface area contributed by atoms with Gasteiger partial charge in [-0.15, -0.1) is 0 Å². The second-order valence-corrected chi connectivity index (χ2v) is 2.73. The fraction of sp³-hybridized carbons (Fsp3) is 0.300. The molecule has 1 aromatic carbocycles. The fourth-order valence-electron chi connectivity index (χ4n) is 0.990. The van der Waals surface area contributed by atoms with Gasteiger partial charge in [0.15, 0.2) is 6.23 Å². The number of rotatable bonds is 4. The highest BCUT2D eigenvalue weighted by molar-refractivity contribution is 5.93. The van der Waals surface area contributed by atoms with Gasteiger partial charge in [-0.25, -0.2) is 0 Å². The molecule has 0 aliphatic carbocycles. The van der Waals surface area contributed by atoms with Gasteiger partial charge >= 0.3 is 0 Å². The maximum absolute atomic E-state index is 11.3. The molecular formula is C10H14N2O2. The molecule has 4 heteroatoms. The molecule has 4 nitrogen and oxygen atoms in total. The number of para-hydroxylation sites is 1. The van der Waals surface area contributed by atoms with Gasteiger partial charge < -0.3 is 10.1 Å². The van der Waals surface area contributed by atoms with Crippen LogP contribution in [0.2, 0.25) is 0 Å². The molecule has 0 aliphatic heterocycles. The molecule has 0 fully saturated rings. The summed E-state index contributed by atoms with van der Waals surface area (Å²) in [5, 5.41) is 2.64. The molecule has 0 aliphatic rings. The number of ether oxygens (including phenoxy) is 1. The van der Waals surface area contributed by atoms with Crippen LogP contribution in [-0.4, -0.2) is 18.7 Å². The van der Waals surface area contributed by atoms with Crippen molar-refractivity contribution in [3.63, 3.8) is 0 Å². The van der Waals surface area contributed by atoms with Gasteiger partial charge in [0.2, 0.25) is 0 Å². The maximum atomic E-state index is 11.3. The van der Waals surface area contributed by atoms with Crippen LogP contribution in [0.25, 0.3) is 0 Å². The number of hydrogen-bond acceptors (Lipinski definition) is 3. The molecule has 0 saturated carbocycles. The minimum Gasteiger partial charge on any atom is -0.354 e. The van der Waals surface area contributed by atoms with Crippen molar-refractivity contribution < 1.29 is 9.53 Å². The van der Waals surface area contributed by atoms with Crippen LogP contribution in [0, 0.1) is 0 Å². The lowest BCUT2D eigenvalue weighted by molar-refractivity contribution is -0.126. The summed E-state index contributed by atoms with van der Waals surface area (Å²) in [6.07, 6.45) is -0.903. The summed E-state index contributed by atoms with van der Waals surface area (Å²) in [5.41, 5.74) is 6.16. The Morgan fingerprint density at radius 1 is 1.50 bits per heavy atom. The lowest BCUT2D eigenvalue weighted by atomic mass is 10.3. The zero-order valence-electron chi connectivity index (χ0n) is 8.07. The van der Waals surface area contributed by atoms with Gasteiger partial charge in [0.25, 0.3) is 5.91 Å². The van der Waals surface area contributed by atoms with E-state index < -0.39 is 6.23 Å². The van der Waals surface area contributed by atoms with E-state index in [-0.39, 0.29) is 5.91 Å². The summed E-state index contributed by atoms with van der Waals surface area (Å²) < 4.78 is 4.94. The first-order chi connectivity index (χ1) is 6.74. The van der Waals surface area contributed by atoms with Gasteiger partial charge in [0.05, 0.1) is 0 Å². The molecule has 0 spiro atoms. The number of nitrogens with one attached hydrogen (secondary N) is 1. The van der Waals surface area contributed by atoms with Gasteiger partial charge in [-0.1, -0.05) is 18.2 Å². The Hall–Kier alpha value is -1.39. The third-order valence-electron chi connectivity index (χ3n) is 1.65. The molecule has 0 bridgehead atoms. The van der Waals surface area contributed by atoms with Gasteiger partial charge in [-0.2, -0.15) is 0 Å². The molecule has 0 radical (unpaired) electrons. The number of amides is 1. The second kappa shape index (κ2) is 5.36. The zero-order chi connectivity index (χ0) is 10.4. The van der Waals surface area contributed by atoms with Crippen molar-refractivity contribution in [2.75, 3.05) is 11.9 Å². The molecule has 1 unspecified atom stereocenters. The van der Waals surface area contributed by atoms with Crippen molar-refractivity contribution in [3.05, 3.63) is 30.3 Å². The quantitative estimate of drug-likeness (QED) is 0.701. The molecule has 0 saturated heterocycles. The van der Waals surface area contributed by atoms with E-state index >= 15 is 0 Å². The molecule has 0 aromatic heterocycles. The van der Waals surface area contributed by atoms with Crippen LogP contribution >= 0.6 is 0 Å². The minimum atomic E-state index is -0.903. The molecule has 76 valence electrons. The van der Waals surface area contributed by atoms with E-state index in [1.165, 1.54) is 0 Å². The summed E-state index contributed by atoms with van der Waals surface area (Å²) >= 11 is 0. The molecule has 1 aromatic rings. The normalized spacial score (nSPS) is 12.1. The summed E-state index contributed by atoms with van der Waals surface area (Å²) in [5.74, 6) is -0.335. The number of nitrogens with two attached hydrogens (primary N) is 1. The van der Waals surface area contributed by atoms with Gasteiger partial charge in [-0.05, 0) is 19.1 Å². The van der Waals surface area contributed by atoms with Crippen molar-refractivity contribution in [1.29, 1.82) is 0 Å². The Balaban J connectivity index is 2.49. The van der Waals surface area contributed by atoms with Crippen LogP contribution in [0.5, 0.6) is 0 Å². The number of carbonyl (C=O) groups excluding carboxylic acids is 1. The lowest BCUT2D eigenvalue weighted by Crippen LogP contribution is -2.37. The SMILES string of the molecule is CCOC(N)C(=O)Nc1ccccc1. The topological polar surface area (TPSA) is 64.3 Å². The van der Waals surface area contributed by atoms with Gasteiger partial charge in [0.1, 0.15) is 0 Å². The van der Waals surface area contributed by atoms with E-state index in [1.54, 1.807) is 19.1 Å². The first-order valence-corrected chi connectivity index (χ1v) is 4.47. The smallest absolute Gasteiger partial charge is 0.268 e. The summed E-state index contributed by atoms with van der Waals surface area (Å²) in [6.45, 7) is 2.21. The van der Waals surface area contributed by atoms with Crippen LogP contribution < -0.4 is 11.1 Å². The first kappa shape index (κ1) is 10.7. The van der Waals surface area contributed by atoms with Crippen molar-refractivity contribution in [2.24, 2.45) is 5.73 Å². The Kier molecular flexibility index (Phi) is 4.10. The average Bonchev–Trinajstić information content (AvgIpc) is 2.19.